The molecule has 1 aliphatic heterocycles. The summed E-state index contributed by atoms with van der Waals surface area (Å²) in [6.07, 6.45) is -0.253. The molecule has 4 heterocycles. The summed E-state index contributed by atoms with van der Waals surface area (Å²) < 4.78 is 17.3. The van der Waals surface area contributed by atoms with Crippen molar-refractivity contribution in [3.8, 4) is 5.75 Å². The van der Waals surface area contributed by atoms with E-state index in [1.807, 2.05) is 13.0 Å². The van der Waals surface area contributed by atoms with E-state index in [0.717, 1.165) is 16.1 Å². The predicted octanol–water partition coefficient (Wildman–Crippen LogP) is 1.16. The van der Waals surface area contributed by atoms with E-state index in [1.165, 1.54) is 35.8 Å². The van der Waals surface area contributed by atoms with Crippen LogP contribution in [0.15, 0.2) is 30.9 Å². The molecule has 13 nitrogen and oxygen atoms in total. The zero-order valence-electron chi connectivity index (χ0n) is 19.8. The van der Waals surface area contributed by atoms with E-state index < -0.39 is 30.4 Å². The summed E-state index contributed by atoms with van der Waals surface area (Å²) in [5.41, 5.74) is 8.52. The molecule has 0 radical (unpaired) electrons. The van der Waals surface area contributed by atoms with E-state index in [9.17, 15) is 9.90 Å². The van der Waals surface area contributed by atoms with Crippen molar-refractivity contribution in [3.05, 3.63) is 52.0 Å². The first kappa shape index (κ1) is 25.2. The highest BCUT2D eigenvalue weighted by atomic mass is 35.5. The van der Waals surface area contributed by atoms with E-state index in [1.54, 1.807) is 12.1 Å². The first-order valence-corrected chi connectivity index (χ1v) is 12.4. The molecule has 1 aromatic carbocycles. The highest BCUT2D eigenvalue weighted by molar-refractivity contribution is 7.05. The number of halogens is 1. The fourth-order valence-electron chi connectivity index (χ4n) is 4.00. The quantitative estimate of drug-likeness (QED) is 0.250. The molecule has 15 heteroatoms. The van der Waals surface area contributed by atoms with Gasteiger partial charge in [0.15, 0.2) is 29.3 Å². The van der Waals surface area contributed by atoms with Crippen LogP contribution in [0.25, 0.3) is 11.2 Å². The van der Waals surface area contributed by atoms with Gasteiger partial charge in [-0.05, 0) is 36.7 Å². The van der Waals surface area contributed by atoms with E-state index in [-0.39, 0.29) is 0 Å². The number of carbonyl (C=O) groups excluding carboxylic acids is 1. The van der Waals surface area contributed by atoms with E-state index in [0.29, 0.717) is 40.9 Å². The molecule has 1 amide bonds. The molecule has 5 N–H and O–H groups in total. The average Bonchev–Trinajstić information content (AvgIpc) is 3.59. The third kappa shape index (κ3) is 4.93. The fraction of sp³-hybridized carbons (Fsp3) is 0.364. The second-order valence-electron chi connectivity index (χ2n) is 8.35. The van der Waals surface area contributed by atoms with E-state index in [4.69, 9.17) is 26.8 Å². The van der Waals surface area contributed by atoms with Crippen LogP contribution < -0.4 is 21.1 Å². The van der Waals surface area contributed by atoms with Gasteiger partial charge < -0.3 is 30.9 Å². The Labute approximate surface area is 220 Å². The molecule has 1 fully saturated rings. The molecule has 0 aliphatic carbocycles. The van der Waals surface area contributed by atoms with Crippen molar-refractivity contribution >= 4 is 46.0 Å². The lowest BCUT2D eigenvalue weighted by atomic mass is 10.1. The molecule has 5 rings (SSSR count). The molecule has 0 spiro atoms. The SMILES string of the molecule is CNC(=O)[C@H]1O[C@@H](n2cnc3c(NCc4cc(Cl)ccc4OCc4snnc4C)ncnc32)[C@H](O)[C@@H]1N. The summed E-state index contributed by atoms with van der Waals surface area (Å²) in [5.74, 6) is 0.686. The monoisotopic (exact) mass is 545 g/mol. The first-order valence-electron chi connectivity index (χ1n) is 11.3. The molecule has 4 atom stereocenters. The van der Waals surface area contributed by atoms with Crippen molar-refractivity contribution in [1.82, 2.24) is 34.4 Å². The van der Waals surface area contributed by atoms with Crippen molar-refractivity contribution < 1.29 is 19.4 Å². The fourth-order valence-corrected chi connectivity index (χ4v) is 4.74. The topological polar surface area (TPSA) is 175 Å². The number of carbonyl (C=O) groups is 1. The van der Waals surface area contributed by atoms with Crippen molar-refractivity contribution in [3.63, 3.8) is 0 Å². The minimum absolute atomic E-state index is 0.334. The third-order valence-electron chi connectivity index (χ3n) is 6.03. The lowest BCUT2D eigenvalue weighted by molar-refractivity contribution is -0.134. The maximum Gasteiger partial charge on any atom is 0.250 e. The van der Waals surface area contributed by atoms with Gasteiger partial charge in [-0.25, -0.2) is 15.0 Å². The molecule has 3 aromatic heterocycles. The summed E-state index contributed by atoms with van der Waals surface area (Å²) in [6.45, 7) is 2.55. The second-order valence-corrected chi connectivity index (χ2v) is 9.63. The highest BCUT2D eigenvalue weighted by Gasteiger charge is 2.46. The Morgan fingerprint density at radius 2 is 2.19 bits per heavy atom. The number of anilines is 1. The molecule has 4 aromatic rings. The van der Waals surface area contributed by atoms with Gasteiger partial charge >= 0.3 is 0 Å². The number of hydrogen-bond acceptors (Lipinski definition) is 12. The number of ether oxygens (including phenoxy) is 2. The van der Waals surface area contributed by atoms with E-state index >= 15 is 0 Å². The molecule has 0 saturated carbocycles. The Kier molecular flexibility index (Phi) is 7.17. The number of nitrogens with two attached hydrogens (primary N) is 1. The number of nitrogens with zero attached hydrogens (tertiary/aromatic N) is 6. The van der Waals surface area contributed by atoms with Crippen LogP contribution in [0.3, 0.4) is 0 Å². The van der Waals surface area contributed by atoms with Crippen LogP contribution in [0, 0.1) is 6.92 Å². The standard InChI is InChI=1S/C22H24ClN9O4S/c1-10-14(37-31-30-10)7-35-13-4-3-12(23)5-11(13)6-26-19-16-20(28-8-27-19)32(9-29-16)22-17(33)15(24)18(36-22)21(34)25-2/h3-5,8-9,15,17-18,22,33H,6-7,24H2,1-2H3,(H,25,34)(H,26,27,28)/t15-,17+,18-,22+/m0/s1. The van der Waals surface area contributed by atoms with Gasteiger partial charge in [0, 0.05) is 24.2 Å². The van der Waals surface area contributed by atoms with Crippen LogP contribution in [0.2, 0.25) is 5.02 Å². The number of fused-ring (bicyclic) bond motifs is 1. The number of imidazole rings is 1. The second kappa shape index (κ2) is 10.5. The average molecular weight is 546 g/mol. The number of hydrogen-bond donors (Lipinski definition) is 4. The zero-order chi connectivity index (χ0) is 26.1. The lowest BCUT2D eigenvalue weighted by Gasteiger charge is -2.17. The smallest absolute Gasteiger partial charge is 0.250 e. The van der Waals surface area contributed by atoms with Crippen LogP contribution >= 0.6 is 23.1 Å². The van der Waals surface area contributed by atoms with Gasteiger partial charge in [0.1, 0.15) is 24.8 Å². The van der Waals surface area contributed by atoms with Gasteiger partial charge in [-0.1, -0.05) is 16.1 Å². The number of nitrogens with one attached hydrogen (secondary N) is 2. The van der Waals surface area contributed by atoms with Gasteiger partial charge in [-0.2, -0.15) is 0 Å². The lowest BCUT2D eigenvalue weighted by Crippen LogP contribution is -2.46. The number of aryl methyl sites for hydroxylation is 1. The minimum atomic E-state index is -1.14. The summed E-state index contributed by atoms with van der Waals surface area (Å²) >= 11 is 7.54. The maximum absolute atomic E-state index is 12.1. The summed E-state index contributed by atoms with van der Waals surface area (Å²) in [5, 5.41) is 21.0. The van der Waals surface area contributed by atoms with Crippen molar-refractivity contribution in [2.24, 2.45) is 5.73 Å². The predicted molar refractivity (Wildman–Crippen MR) is 135 cm³/mol. The van der Waals surface area contributed by atoms with Gasteiger partial charge in [-0.3, -0.25) is 9.36 Å². The summed E-state index contributed by atoms with van der Waals surface area (Å²) in [6, 6.07) is 4.46. The number of benzene rings is 1. The first-order chi connectivity index (χ1) is 17.9. The molecule has 0 unspecified atom stereocenters. The van der Waals surface area contributed by atoms with Crippen LogP contribution in [0.5, 0.6) is 5.75 Å². The van der Waals surface area contributed by atoms with Crippen LogP contribution in [0.1, 0.15) is 22.4 Å². The minimum Gasteiger partial charge on any atom is -0.488 e. The van der Waals surface area contributed by atoms with Gasteiger partial charge in [0.2, 0.25) is 0 Å². The Morgan fingerprint density at radius 1 is 1.35 bits per heavy atom. The molecule has 1 aliphatic rings. The number of aliphatic hydroxyl groups is 1. The molecular weight excluding hydrogens is 522 g/mol. The number of aromatic nitrogens is 6. The zero-order valence-corrected chi connectivity index (χ0v) is 21.4. The normalized spacial score (nSPS) is 21.3. The molecule has 1 saturated heterocycles. The molecular formula is C22H24ClN9O4S. The number of amides is 1. The molecule has 0 bridgehead atoms. The Morgan fingerprint density at radius 3 is 2.95 bits per heavy atom. The highest BCUT2D eigenvalue weighted by Crippen LogP contribution is 2.32. The summed E-state index contributed by atoms with van der Waals surface area (Å²) in [7, 11) is 1.48. The van der Waals surface area contributed by atoms with Crippen LogP contribution in [-0.2, 0) is 22.7 Å². The maximum atomic E-state index is 12.1. The number of likely N-dealkylation sites (N-methyl/N-ethyl adjacent to an activating group) is 1. The van der Waals surface area contributed by atoms with Crippen molar-refractivity contribution in [1.29, 1.82) is 0 Å². The van der Waals surface area contributed by atoms with Crippen molar-refractivity contribution in [2.75, 3.05) is 12.4 Å². The molecule has 37 heavy (non-hydrogen) atoms. The van der Waals surface area contributed by atoms with Gasteiger partial charge in [0.25, 0.3) is 5.91 Å². The van der Waals surface area contributed by atoms with E-state index in [2.05, 4.69) is 35.2 Å². The Balaban J connectivity index is 1.36. The van der Waals surface area contributed by atoms with Gasteiger partial charge in [0.05, 0.1) is 22.9 Å². The largest absolute Gasteiger partial charge is 0.488 e. The number of rotatable bonds is 8. The van der Waals surface area contributed by atoms with Crippen LogP contribution in [0.4, 0.5) is 5.82 Å². The Bertz CT molecular complexity index is 1430. The van der Waals surface area contributed by atoms with Gasteiger partial charge in [-0.15, -0.1) is 5.10 Å². The molecule has 194 valence electrons. The van der Waals surface area contributed by atoms with Crippen molar-refractivity contribution in [2.45, 2.75) is 44.6 Å². The summed E-state index contributed by atoms with van der Waals surface area (Å²) in [4.78, 5) is 26.1. The number of aliphatic hydroxyl groups excluding tert-OH is 1. The van der Waals surface area contributed by atoms with Crippen LogP contribution in [-0.4, -0.2) is 65.4 Å². The Hall–Kier alpha value is -3.43. The third-order valence-corrected chi connectivity index (χ3v) is 7.06.